The lowest BCUT2D eigenvalue weighted by Gasteiger charge is -2.09. The maximum absolute atomic E-state index is 8.82. The number of nitrogens with zero attached hydrogens (tertiary/aromatic N) is 1. The molecule has 2 aromatic carbocycles. The third kappa shape index (κ3) is 2.99. The first-order valence-electron chi connectivity index (χ1n) is 5.69. The van der Waals surface area contributed by atoms with E-state index in [1.807, 2.05) is 67.6 Å². The Bertz CT molecular complexity index is 594. The zero-order valence-corrected chi connectivity index (χ0v) is 10.1. The Morgan fingerprint density at radius 2 is 1.89 bits per heavy atom. The summed E-state index contributed by atoms with van der Waals surface area (Å²) in [5, 5.41) is 8.82. The highest BCUT2D eigenvalue weighted by atomic mass is 16.5. The van der Waals surface area contributed by atoms with Crippen LogP contribution < -0.4 is 4.74 Å². The summed E-state index contributed by atoms with van der Waals surface area (Å²) in [7, 11) is 0. The second kappa shape index (κ2) is 5.70. The molecule has 0 N–H and O–H groups in total. The van der Waals surface area contributed by atoms with Gasteiger partial charge >= 0.3 is 0 Å². The van der Waals surface area contributed by atoms with Crippen molar-refractivity contribution in [2.45, 2.75) is 6.92 Å². The van der Waals surface area contributed by atoms with Gasteiger partial charge in [-0.25, -0.2) is 0 Å². The maximum atomic E-state index is 8.82. The van der Waals surface area contributed by atoms with E-state index in [2.05, 4.69) is 0 Å². The number of hydrogen-bond acceptors (Lipinski definition) is 2. The first-order valence-corrected chi connectivity index (χ1v) is 5.69. The molecule has 2 rings (SSSR count). The van der Waals surface area contributed by atoms with E-state index in [-0.39, 0.29) is 0 Å². The van der Waals surface area contributed by atoms with Crippen LogP contribution in [-0.4, -0.2) is 0 Å². The van der Waals surface area contributed by atoms with Crippen molar-refractivity contribution in [3.05, 3.63) is 71.8 Å². The summed E-state index contributed by atoms with van der Waals surface area (Å²) < 4.78 is 5.76. The van der Waals surface area contributed by atoms with Crippen LogP contribution >= 0.6 is 0 Å². The molecule has 0 unspecified atom stereocenters. The predicted octanol–water partition coefficient (Wildman–Crippen LogP) is 3.94. The van der Waals surface area contributed by atoms with Crippen LogP contribution in [0.1, 0.15) is 11.1 Å². The number of ether oxygens (including phenoxy) is 1. The Morgan fingerprint density at radius 1 is 1.11 bits per heavy atom. The maximum Gasteiger partial charge on any atom is 0.145 e. The molecule has 88 valence electrons. The molecular formula is C16H13NO. The van der Waals surface area contributed by atoms with Crippen molar-refractivity contribution < 1.29 is 4.74 Å². The molecule has 0 saturated heterocycles. The molecule has 0 aliphatic carbocycles. The molecule has 0 spiro atoms. The van der Waals surface area contributed by atoms with Gasteiger partial charge < -0.3 is 4.74 Å². The van der Waals surface area contributed by atoms with Gasteiger partial charge in [0.2, 0.25) is 0 Å². The number of allylic oxidation sites excluding steroid dienone is 1. The Morgan fingerprint density at radius 3 is 2.56 bits per heavy atom. The molecule has 0 fully saturated rings. The zero-order chi connectivity index (χ0) is 12.8. The lowest BCUT2D eigenvalue weighted by atomic mass is 10.2. The van der Waals surface area contributed by atoms with E-state index in [1.54, 1.807) is 0 Å². The lowest BCUT2D eigenvalue weighted by molar-refractivity contribution is 0.515. The third-order valence-electron chi connectivity index (χ3n) is 2.47. The predicted molar refractivity (Wildman–Crippen MR) is 71.8 cm³/mol. The molecule has 2 nitrogen and oxygen atoms in total. The van der Waals surface area contributed by atoms with Gasteiger partial charge in [0, 0.05) is 5.56 Å². The van der Waals surface area contributed by atoms with Gasteiger partial charge in [0.15, 0.2) is 0 Å². The molecule has 0 radical (unpaired) electrons. The smallest absolute Gasteiger partial charge is 0.145 e. The fourth-order valence-corrected chi connectivity index (χ4v) is 1.64. The van der Waals surface area contributed by atoms with Gasteiger partial charge in [-0.05, 0) is 24.6 Å². The quantitative estimate of drug-likeness (QED) is 0.596. The van der Waals surface area contributed by atoms with Crippen LogP contribution in [0.4, 0.5) is 0 Å². The summed E-state index contributed by atoms with van der Waals surface area (Å²) in [5.41, 5.74) is 2.01. The Balaban J connectivity index is 2.29. The van der Waals surface area contributed by atoms with Crippen molar-refractivity contribution in [2.24, 2.45) is 0 Å². The Kier molecular flexibility index (Phi) is 3.78. The van der Waals surface area contributed by atoms with Gasteiger partial charge in [-0.2, -0.15) is 5.26 Å². The van der Waals surface area contributed by atoms with Crippen LogP contribution in [0.2, 0.25) is 0 Å². The monoisotopic (exact) mass is 235 g/mol. The van der Waals surface area contributed by atoms with Crippen molar-refractivity contribution >= 4 is 5.76 Å². The van der Waals surface area contributed by atoms with Gasteiger partial charge in [-0.3, -0.25) is 0 Å². The molecule has 18 heavy (non-hydrogen) atoms. The molecule has 0 atom stereocenters. The SMILES string of the molecule is Cc1cccc(O/C(=C/C#N)c2ccccc2)c1. The van der Waals surface area contributed by atoms with Crippen molar-refractivity contribution in [3.63, 3.8) is 0 Å². The number of benzene rings is 2. The van der Waals surface area contributed by atoms with Crippen LogP contribution in [0, 0.1) is 18.3 Å². The van der Waals surface area contributed by atoms with E-state index in [4.69, 9.17) is 10.00 Å². The lowest BCUT2D eigenvalue weighted by Crippen LogP contribution is -1.94. The summed E-state index contributed by atoms with van der Waals surface area (Å²) in [6.45, 7) is 2.00. The Labute approximate surface area is 107 Å². The molecule has 0 amide bonds. The summed E-state index contributed by atoms with van der Waals surface area (Å²) in [4.78, 5) is 0. The molecule has 2 heteroatoms. The molecule has 0 aliphatic rings. The fourth-order valence-electron chi connectivity index (χ4n) is 1.64. The standard InChI is InChI=1S/C16H13NO/c1-13-6-5-9-15(12-13)18-16(10-11-17)14-7-3-2-4-8-14/h2-10,12H,1H3/b16-10+. The van der Waals surface area contributed by atoms with E-state index >= 15 is 0 Å². The van der Waals surface area contributed by atoms with Gasteiger partial charge in [-0.1, -0.05) is 42.5 Å². The third-order valence-corrected chi connectivity index (χ3v) is 2.47. The van der Waals surface area contributed by atoms with Crippen LogP contribution in [0.25, 0.3) is 5.76 Å². The van der Waals surface area contributed by atoms with E-state index < -0.39 is 0 Å². The van der Waals surface area contributed by atoms with Gasteiger partial charge in [0.25, 0.3) is 0 Å². The van der Waals surface area contributed by atoms with Crippen LogP contribution in [0.5, 0.6) is 5.75 Å². The largest absolute Gasteiger partial charge is 0.456 e. The first kappa shape index (κ1) is 11.9. The van der Waals surface area contributed by atoms with Crippen molar-refractivity contribution in [1.82, 2.24) is 0 Å². The molecular weight excluding hydrogens is 222 g/mol. The van der Waals surface area contributed by atoms with Crippen LogP contribution in [0.3, 0.4) is 0 Å². The fraction of sp³-hybridized carbons (Fsp3) is 0.0625. The topological polar surface area (TPSA) is 33.0 Å². The van der Waals surface area contributed by atoms with Gasteiger partial charge in [0.1, 0.15) is 11.5 Å². The Hall–Kier alpha value is -2.53. The zero-order valence-electron chi connectivity index (χ0n) is 10.1. The number of nitriles is 1. The molecule has 0 bridgehead atoms. The highest BCUT2D eigenvalue weighted by molar-refractivity contribution is 5.64. The van der Waals surface area contributed by atoms with Crippen molar-refractivity contribution in [2.75, 3.05) is 0 Å². The number of aryl methyl sites for hydroxylation is 1. The molecule has 0 aromatic heterocycles. The van der Waals surface area contributed by atoms with E-state index in [0.717, 1.165) is 16.9 Å². The highest BCUT2D eigenvalue weighted by Gasteiger charge is 2.04. The minimum atomic E-state index is 0.559. The minimum absolute atomic E-state index is 0.559. The van der Waals surface area contributed by atoms with Gasteiger partial charge in [0.05, 0.1) is 12.1 Å². The first-order chi connectivity index (χ1) is 8.79. The second-order valence-corrected chi connectivity index (χ2v) is 3.92. The second-order valence-electron chi connectivity index (χ2n) is 3.92. The molecule has 0 saturated carbocycles. The average Bonchev–Trinajstić information content (AvgIpc) is 2.39. The normalized spacial score (nSPS) is 10.8. The number of rotatable bonds is 3. The summed E-state index contributed by atoms with van der Waals surface area (Å²) in [6, 6.07) is 19.4. The number of hydrogen-bond donors (Lipinski definition) is 0. The summed E-state index contributed by atoms with van der Waals surface area (Å²) in [5.74, 6) is 1.30. The van der Waals surface area contributed by atoms with Crippen LogP contribution in [-0.2, 0) is 0 Å². The van der Waals surface area contributed by atoms with E-state index in [1.165, 1.54) is 6.08 Å². The van der Waals surface area contributed by atoms with Gasteiger partial charge in [-0.15, -0.1) is 0 Å². The molecule has 0 heterocycles. The molecule has 2 aromatic rings. The highest BCUT2D eigenvalue weighted by Crippen LogP contribution is 2.21. The summed E-state index contributed by atoms with van der Waals surface area (Å²) >= 11 is 0. The average molecular weight is 235 g/mol. The van der Waals surface area contributed by atoms with E-state index in [0.29, 0.717) is 5.76 Å². The van der Waals surface area contributed by atoms with E-state index in [9.17, 15) is 0 Å². The minimum Gasteiger partial charge on any atom is -0.456 e. The van der Waals surface area contributed by atoms with Crippen molar-refractivity contribution in [3.8, 4) is 11.8 Å². The molecule has 0 aliphatic heterocycles. The summed E-state index contributed by atoms with van der Waals surface area (Å²) in [6.07, 6.45) is 1.41. The van der Waals surface area contributed by atoms with Crippen molar-refractivity contribution in [1.29, 1.82) is 5.26 Å². The van der Waals surface area contributed by atoms with Crippen LogP contribution in [0.15, 0.2) is 60.7 Å².